The Morgan fingerprint density at radius 3 is 2.47 bits per heavy atom. The van der Waals surface area contributed by atoms with Crippen molar-refractivity contribution >= 4 is 0 Å². The van der Waals surface area contributed by atoms with E-state index in [1.54, 1.807) is 0 Å². The number of nitrogens with two attached hydrogens (primary N) is 1. The predicted molar refractivity (Wildman–Crippen MR) is 57.9 cm³/mol. The number of rotatable bonds is 4. The van der Waals surface area contributed by atoms with Crippen LogP contribution in [0, 0.1) is 5.82 Å². The maximum atomic E-state index is 13.4. The van der Waals surface area contributed by atoms with Crippen LogP contribution >= 0.6 is 0 Å². The van der Waals surface area contributed by atoms with Crippen molar-refractivity contribution in [3.05, 3.63) is 29.1 Å². The van der Waals surface area contributed by atoms with Gasteiger partial charge in [0, 0.05) is 17.5 Å². The Hall–Kier alpha value is -1.23. The van der Waals surface area contributed by atoms with Crippen LogP contribution in [0.1, 0.15) is 30.4 Å². The Kier molecular flexibility index (Phi) is 3.03. The van der Waals surface area contributed by atoms with Crippen molar-refractivity contribution < 1.29 is 17.9 Å². The number of hydrogen-bond donors (Lipinski definition) is 1. The van der Waals surface area contributed by atoms with Gasteiger partial charge < -0.3 is 10.5 Å². The van der Waals surface area contributed by atoms with E-state index in [1.807, 2.05) is 0 Å². The molecule has 0 radical (unpaired) electrons. The average Bonchev–Trinajstić information content (AvgIpc) is 3.08. The fourth-order valence-electron chi connectivity index (χ4n) is 2.13. The van der Waals surface area contributed by atoms with E-state index in [9.17, 15) is 13.2 Å². The minimum Gasteiger partial charge on any atom is -0.496 e. The molecule has 0 saturated heterocycles. The largest absolute Gasteiger partial charge is 0.496 e. The molecule has 5 heteroatoms. The third kappa shape index (κ3) is 1.99. The third-order valence-corrected chi connectivity index (χ3v) is 3.34. The van der Waals surface area contributed by atoms with Gasteiger partial charge in [-0.3, -0.25) is 0 Å². The molecule has 17 heavy (non-hydrogen) atoms. The van der Waals surface area contributed by atoms with E-state index in [0.29, 0.717) is 12.1 Å². The fraction of sp³-hybridized carbons (Fsp3) is 0.500. The van der Waals surface area contributed by atoms with Gasteiger partial charge >= 0.3 is 0 Å². The Morgan fingerprint density at radius 1 is 1.41 bits per heavy atom. The molecule has 0 heterocycles. The summed E-state index contributed by atoms with van der Waals surface area (Å²) in [6.45, 7) is 0.315. The summed E-state index contributed by atoms with van der Waals surface area (Å²) in [6, 6.07) is 2.07. The van der Waals surface area contributed by atoms with Crippen LogP contribution in [0.25, 0.3) is 0 Å². The quantitative estimate of drug-likeness (QED) is 0.885. The highest BCUT2D eigenvalue weighted by molar-refractivity contribution is 5.49. The minimum atomic E-state index is -2.76. The molecule has 0 unspecified atom stereocenters. The van der Waals surface area contributed by atoms with Crippen molar-refractivity contribution in [2.45, 2.75) is 24.7 Å². The van der Waals surface area contributed by atoms with E-state index in [-0.39, 0.29) is 11.2 Å². The van der Waals surface area contributed by atoms with Crippen LogP contribution < -0.4 is 10.5 Å². The topological polar surface area (TPSA) is 35.2 Å². The highest BCUT2D eigenvalue weighted by atomic mass is 19.3. The molecule has 0 atom stereocenters. The summed E-state index contributed by atoms with van der Waals surface area (Å²) in [7, 11) is 1.31. The first-order chi connectivity index (χ1) is 8.04. The lowest BCUT2D eigenvalue weighted by Gasteiger charge is -2.19. The molecule has 0 aromatic heterocycles. The summed E-state index contributed by atoms with van der Waals surface area (Å²) in [6.07, 6.45) is -1.19. The first-order valence-electron chi connectivity index (χ1n) is 5.40. The molecule has 0 bridgehead atoms. The molecule has 1 fully saturated rings. The molecule has 1 aromatic carbocycles. The number of ether oxygens (including phenoxy) is 1. The van der Waals surface area contributed by atoms with Crippen LogP contribution in [0.15, 0.2) is 12.1 Å². The normalized spacial score (nSPS) is 17.3. The maximum absolute atomic E-state index is 13.4. The lowest BCUT2D eigenvalue weighted by atomic mass is 9.93. The van der Waals surface area contributed by atoms with Crippen molar-refractivity contribution in [2.75, 3.05) is 13.7 Å². The van der Waals surface area contributed by atoms with E-state index >= 15 is 0 Å². The van der Waals surface area contributed by atoms with Crippen molar-refractivity contribution in [1.82, 2.24) is 0 Å². The summed E-state index contributed by atoms with van der Waals surface area (Å²) in [5.74, 6) is -0.597. The van der Waals surface area contributed by atoms with Gasteiger partial charge in [0.1, 0.15) is 11.6 Å². The highest BCUT2D eigenvalue weighted by Crippen LogP contribution is 2.52. The molecule has 0 aliphatic heterocycles. The van der Waals surface area contributed by atoms with E-state index in [2.05, 4.69) is 0 Å². The molecule has 0 amide bonds. The second-order valence-corrected chi connectivity index (χ2v) is 4.36. The lowest BCUT2D eigenvalue weighted by Crippen LogP contribution is -2.21. The monoisotopic (exact) mass is 245 g/mol. The van der Waals surface area contributed by atoms with Crippen LogP contribution in [-0.4, -0.2) is 13.7 Å². The zero-order valence-electron chi connectivity index (χ0n) is 9.47. The Morgan fingerprint density at radius 2 is 2.06 bits per heavy atom. The van der Waals surface area contributed by atoms with E-state index in [1.165, 1.54) is 13.2 Å². The standard InChI is InChI=1S/C12H14F3NO/c1-17-10-8(11(14)15)4-7(13)5-9(10)12(6-16)2-3-12/h4-5,11H,2-3,6,16H2,1H3. The number of methoxy groups -OCH3 is 1. The van der Waals surface area contributed by atoms with Gasteiger partial charge in [-0.15, -0.1) is 0 Å². The van der Waals surface area contributed by atoms with Gasteiger partial charge in [-0.2, -0.15) is 0 Å². The molecule has 2 nitrogen and oxygen atoms in total. The summed E-state index contributed by atoms with van der Waals surface area (Å²) in [5.41, 5.74) is 5.33. The van der Waals surface area contributed by atoms with Gasteiger partial charge in [0.25, 0.3) is 6.43 Å². The molecule has 1 aliphatic carbocycles. The summed E-state index contributed by atoms with van der Waals surface area (Å²) < 4.78 is 44.0. The fourth-order valence-corrected chi connectivity index (χ4v) is 2.13. The molecule has 94 valence electrons. The highest BCUT2D eigenvalue weighted by Gasteiger charge is 2.46. The predicted octanol–water partition coefficient (Wildman–Crippen LogP) is 2.76. The third-order valence-electron chi connectivity index (χ3n) is 3.34. The van der Waals surface area contributed by atoms with Crippen LogP contribution in [0.5, 0.6) is 5.75 Å². The smallest absolute Gasteiger partial charge is 0.267 e. The Labute approximate surface area is 97.6 Å². The van der Waals surface area contributed by atoms with Gasteiger partial charge in [0.15, 0.2) is 0 Å². The second-order valence-electron chi connectivity index (χ2n) is 4.36. The zero-order valence-corrected chi connectivity index (χ0v) is 9.47. The van der Waals surface area contributed by atoms with Crippen molar-refractivity contribution in [3.8, 4) is 5.75 Å². The zero-order chi connectivity index (χ0) is 12.6. The van der Waals surface area contributed by atoms with Gasteiger partial charge in [0.05, 0.1) is 12.7 Å². The number of halogens is 3. The van der Waals surface area contributed by atoms with Crippen LogP contribution in [0.4, 0.5) is 13.2 Å². The Balaban J connectivity index is 2.58. The minimum absolute atomic E-state index is 0.0735. The molecule has 2 rings (SSSR count). The van der Waals surface area contributed by atoms with E-state index in [4.69, 9.17) is 10.5 Å². The lowest BCUT2D eigenvalue weighted by molar-refractivity contribution is 0.146. The first-order valence-corrected chi connectivity index (χ1v) is 5.40. The Bertz CT molecular complexity index is 430. The van der Waals surface area contributed by atoms with E-state index in [0.717, 1.165) is 18.9 Å². The van der Waals surface area contributed by atoms with Crippen LogP contribution in [0.2, 0.25) is 0 Å². The second kappa shape index (κ2) is 4.22. The van der Waals surface area contributed by atoms with Crippen LogP contribution in [0.3, 0.4) is 0 Å². The van der Waals surface area contributed by atoms with Crippen molar-refractivity contribution in [2.24, 2.45) is 5.73 Å². The van der Waals surface area contributed by atoms with Crippen molar-refractivity contribution in [1.29, 1.82) is 0 Å². The van der Waals surface area contributed by atoms with E-state index < -0.39 is 17.8 Å². The van der Waals surface area contributed by atoms with Gasteiger partial charge in [-0.25, -0.2) is 13.2 Å². The summed E-state index contributed by atoms with van der Waals surface area (Å²) in [4.78, 5) is 0. The summed E-state index contributed by atoms with van der Waals surface area (Å²) >= 11 is 0. The van der Waals surface area contributed by atoms with Crippen LogP contribution in [-0.2, 0) is 5.41 Å². The number of alkyl halides is 2. The molecule has 0 spiro atoms. The molecule has 1 aliphatic rings. The SMILES string of the molecule is COc1c(C(F)F)cc(F)cc1C1(CN)CC1. The molecule has 1 aromatic rings. The number of benzene rings is 1. The van der Waals surface area contributed by atoms with Crippen molar-refractivity contribution in [3.63, 3.8) is 0 Å². The van der Waals surface area contributed by atoms with Gasteiger partial charge in [-0.05, 0) is 25.0 Å². The molecular formula is C12H14F3NO. The molecular weight excluding hydrogens is 231 g/mol. The molecule has 2 N–H and O–H groups in total. The maximum Gasteiger partial charge on any atom is 0.267 e. The average molecular weight is 245 g/mol. The first kappa shape index (κ1) is 12.2. The number of hydrogen-bond acceptors (Lipinski definition) is 2. The molecule has 1 saturated carbocycles. The van der Waals surface area contributed by atoms with Gasteiger partial charge in [0.2, 0.25) is 0 Å². The van der Waals surface area contributed by atoms with Gasteiger partial charge in [-0.1, -0.05) is 0 Å². The summed E-state index contributed by atoms with van der Waals surface area (Å²) in [5, 5.41) is 0.